The normalized spacial score (nSPS) is 32.7. The van der Waals surface area contributed by atoms with E-state index in [1.54, 1.807) is 12.3 Å². The minimum absolute atomic E-state index is 0.0197. The van der Waals surface area contributed by atoms with Gasteiger partial charge in [0.15, 0.2) is 0 Å². The van der Waals surface area contributed by atoms with E-state index in [4.69, 9.17) is 5.73 Å². The van der Waals surface area contributed by atoms with Crippen LogP contribution in [0.4, 0.5) is 4.39 Å². The van der Waals surface area contributed by atoms with Crippen molar-refractivity contribution in [3.63, 3.8) is 0 Å². The Morgan fingerprint density at radius 3 is 2.69 bits per heavy atom. The molecule has 1 aromatic rings. The minimum Gasteiger partial charge on any atom is -0.327 e. The van der Waals surface area contributed by atoms with Crippen molar-refractivity contribution < 1.29 is 4.39 Å². The van der Waals surface area contributed by atoms with Gasteiger partial charge in [-0.05, 0) is 13.0 Å². The fourth-order valence-corrected chi connectivity index (χ4v) is 1.74. The van der Waals surface area contributed by atoms with Crippen molar-refractivity contribution >= 4 is 0 Å². The first-order valence-electron chi connectivity index (χ1n) is 4.48. The van der Waals surface area contributed by atoms with Crippen molar-refractivity contribution in [3.05, 3.63) is 29.6 Å². The van der Waals surface area contributed by atoms with Gasteiger partial charge in [-0.15, -0.1) is 0 Å². The third-order valence-corrected chi connectivity index (χ3v) is 2.60. The third kappa shape index (κ3) is 1.44. The fourth-order valence-electron chi connectivity index (χ4n) is 1.74. The summed E-state index contributed by atoms with van der Waals surface area (Å²) in [6.07, 6.45) is 2.47. The summed E-state index contributed by atoms with van der Waals surface area (Å²) in [5.74, 6) is 0. The first kappa shape index (κ1) is 8.63. The first-order valence-corrected chi connectivity index (χ1v) is 4.48. The highest BCUT2D eigenvalue weighted by molar-refractivity contribution is 5.24. The van der Waals surface area contributed by atoms with Gasteiger partial charge in [0.25, 0.3) is 0 Å². The number of aromatic nitrogens is 1. The number of hydrogen-bond donors (Lipinski definition) is 1. The number of alkyl halides is 1. The maximum atomic E-state index is 13.9. The molecule has 0 aliphatic heterocycles. The summed E-state index contributed by atoms with van der Waals surface area (Å²) in [5, 5.41) is 0. The summed E-state index contributed by atoms with van der Waals surface area (Å²) in [6, 6.07) is 3.65. The van der Waals surface area contributed by atoms with Gasteiger partial charge in [0.05, 0.1) is 0 Å². The molecular formula is C10H13FN2. The molecule has 1 aromatic heterocycles. The van der Waals surface area contributed by atoms with Crippen LogP contribution in [-0.4, -0.2) is 11.0 Å². The van der Waals surface area contributed by atoms with E-state index in [-0.39, 0.29) is 6.04 Å². The third-order valence-electron chi connectivity index (χ3n) is 2.60. The van der Waals surface area contributed by atoms with E-state index in [9.17, 15) is 4.39 Å². The molecule has 0 aromatic carbocycles. The van der Waals surface area contributed by atoms with E-state index >= 15 is 0 Å². The molecular weight excluding hydrogens is 167 g/mol. The Bertz CT molecular complexity index is 301. The Labute approximate surface area is 77.0 Å². The van der Waals surface area contributed by atoms with Crippen LogP contribution in [0.25, 0.3) is 0 Å². The van der Waals surface area contributed by atoms with Gasteiger partial charge in [0, 0.05) is 36.3 Å². The molecule has 2 rings (SSSR count). The van der Waals surface area contributed by atoms with E-state index in [1.165, 1.54) is 0 Å². The highest BCUT2D eigenvalue weighted by Gasteiger charge is 2.44. The Balaban J connectivity index is 2.22. The Morgan fingerprint density at radius 2 is 2.23 bits per heavy atom. The van der Waals surface area contributed by atoms with E-state index in [1.807, 2.05) is 13.0 Å². The first-order chi connectivity index (χ1) is 6.10. The average molecular weight is 180 g/mol. The number of nitrogens with zero attached hydrogens (tertiary/aromatic N) is 1. The van der Waals surface area contributed by atoms with Crippen molar-refractivity contribution in [2.75, 3.05) is 0 Å². The zero-order chi connectivity index (χ0) is 9.47. The molecule has 2 nitrogen and oxygen atoms in total. The van der Waals surface area contributed by atoms with Gasteiger partial charge in [-0.2, -0.15) is 0 Å². The maximum Gasteiger partial charge on any atom is 0.140 e. The Hall–Kier alpha value is -0.960. The van der Waals surface area contributed by atoms with E-state index < -0.39 is 5.67 Å². The second-order valence-electron chi connectivity index (χ2n) is 3.82. The number of halogens is 1. The van der Waals surface area contributed by atoms with Crippen molar-refractivity contribution in [2.45, 2.75) is 31.5 Å². The molecule has 0 atom stereocenters. The van der Waals surface area contributed by atoms with Gasteiger partial charge >= 0.3 is 0 Å². The van der Waals surface area contributed by atoms with Crippen LogP contribution in [0.2, 0.25) is 0 Å². The van der Waals surface area contributed by atoms with Gasteiger partial charge in [0.1, 0.15) is 5.67 Å². The summed E-state index contributed by atoms with van der Waals surface area (Å²) >= 11 is 0. The SMILES string of the molecule is Cc1ccc(C2(F)CC(N)C2)cn1. The molecule has 0 spiro atoms. The van der Waals surface area contributed by atoms with Gasteiger partial charge in [-0.25, -0.2) is 4.39 Å². The van der Waals surface area contributed by atoms with Gasteiger partial charge in [0.2, 0.25) is 0 Å². The molecule has 0 radical (unpaired) electrons. The highest BCUT2D eigenvalue weighted by atomic mass is 19.1. The summed E-state index contributed by atoms with van der Waals surface area (Å²) < 4.78 is 13.9. The fraction of sp³-hybridized carbons (Fsp3) is 0.500. The summed E-state index contributed by atoms with van der Waals surface area (Å²) in [5.41, 5.74) is 5.93. The van der Waals surface area contributed by atoms with E-state index in [0.717, 1.165) is 5.69 Å². The predicted octanol–water partition coefficient (Wildman–Crippen LogP) is 1.68. The van der Waals surface area contributed by atoms with Crippen LogP contribution in [0.15, 0.2) is 18.3 Å². The predicted molar refractivity (Wildman–Crippen MR) is 49.0 cm³/mol. The zero-order valence-electron chi connectivity index (χ0n) is 7.63. The van der Waals surface area contributed by atoms with Crippen molar-refractivity contribution in [3.8, 4) is 0 Å². The number of aryl methyl sites for hydroxylation is 1. The highest BCUT2D eigenvalue weighted by Crippen LogP contribution is 2.43. The average Bonchev–Trinajstić information content (AvgIpc) is 2.03. The number of pyridine rings is 1. The second kappa shape index (κ2) is 2.77. The van der Waals surface area contributed by atoms with Gasteiger partial charge in [-0.1, -0.05) is 6.07 Å². The quantitative estimate of drug-likeness (QED) is 0.714. The largest absolute Gasteiger partial charge is 0.327 e. The van der Waals surface area contributed by atoms with Crippen LogP contribution in [-0.2, 0) is 5.67 Å². The minimum atomic E-state index is -1.21. The van der Waals surface area contributed by atoms with Crippen LogP contribution in [0.3, 0.4) is 0 Å². The lowest BCUT2D eigenvalue weighted by molar-refractivity contribution is 0.0402. The summed E-state index contributed by atoms with van der Waals surface area (Å²) in [4.78, 5) is 4.07. The van der Waals surface area contributed by atoms with Crippen LogP contribution in [0.5, 0.6) is 0 Å². The van der Waals surface area contributed by atoms with Crippen LogP contribution in [0.1, 0.15) is 24.1 Å². The lowest BCUT2D eigenvalue weighted by Gasteiger charge is -2.39. The number of nitrogens with two attached hydrogens (primary N) is 1. The van der Waals surface area contributed by atoms with Crippen molar-refractivity contribution in [1.29, 1.82) is 0 Å². The Kier molecular flexibility index (Phi) is 1.84. The van der Waals surface area contributed by atoms with Crippen LogP contribution < -0.4 is 5.73 Å². The van der Waals surface area contributed by atoms with Crippen LogP contribution in [0, 0.1) is 6.92 Å². The molecule has 3 heteroatoms. The smallest absolute Gasteiger partial charge is 0.140 e. The molecule has 1 aliphatic carbocycles. The summed E-state index contributed by atoms with van der Waals surface area (Å²) in [6.45, 7) is 1.89. The maximum absolute atomic E-state index is 13.9. The lowest BCUT2D eigenvalue weighted by Crippen LogP contribution is -2.46. The van der Waals surface area contributed by atoms with Crippen molar-refractivity contribution in [1.82, 2.24) is 4.98 Å². The molecule has 0 saturated heterocycles. The molecule has 2 N–H and O–H groups in total. The number of hydrogen-bond acceptors (Lipinski definition) is 2. The molecule has 0 bridgehead atoms. The standard InChI is InChI=1S/C10H13FN2/c1-7-2-3-8(6-13-7)10(11)4-9(12)5-10/h2-3,6,9H,4-5,12H2,1H3. The monoisotopic (exact) mass is 180 g/mol. The number of rotatable bonds is 1. The lowest BCUT2D eigenvalue weighted by atomic mass is 9.74. The molecule has 70 valence electrons. The van der Waals surface area contributed by atoms with Gasteiger partial charge in [-0.3, -0.25) is 4.98 Å². The van der Waals surface area contributed by atoms with E-state index in [0.29, 0.717) is 18.4 Å². The summed E-state index contributed by atoms with van der Waals surface area (Å²) in [7, 11) is 0. The molecule has 0 unspecified atom stereocenters. The Morgan fingerprint density at radius 1 is 1.54 bits per heavy atom. The molecule has 1 fully saturated rings. The molecule has 1 aliphatic rings. The topological polar surface area (TPSA) is 38.9 Å². The van der Waals surface area contributed by atoms with Crippen molar-refractivity contribution in [2.24, 2.45) is 5.73 Å². The second-order valence-corrected chi connectivity index (χ2v) is 3.82. The molecule has 13 heavy (non-hydrogen) atoms. The molecule has 1 heterocycles. The zero-order valence-corrected chi connectivity index (χ0v) is 7.63. The molecule has 1 saturated carbocycles. The molecule has 0 amide bonds. The van der Waals surface area contributed by atoms with E-state index in [2.05, 4.69) is 4.98 Å². The van der Waals surface area contributed by atoms with Gasteiger partial charge < -0.3 is 5.73 Å². The van der Waals surface area contributed by atoms with Crippen LogP contribution >= 0.6 is 0 Å².